The largest absolute Gasteiger partial charge is 0.442 e. The molecule has 1 amide bonds. The average Bonchev–Trinajstić information content (AvgIpc) is 3.12. The molecule has 1 aliphatic heterocycles. The van der Waals surface area contributed by atoms with Crippen LogP contribution in [0.2, 0.25) is 0 Å². The number of carbonyl (C=O) groups excluding carboxylic acids is 1. The van der Waals surface area contributed by atoms with Gasteiger partial charge in [-0.1, -0.05) is 36.4 Å². The number of piperidine rings is 1. The molecule has 7 heteroatoms. The van der Waals surface area contributed by atoms with Crippen LogP contribution < -0.4 is 10.6 Å². The number of benzene rings is 2. The maximum Gasteiger partial charge on any atom is 0.442 e. The highest BCUT2D eigenvalue weighted by molar-refractivity contribution is 5.99. The van der Waals surface area contributed by atoms with Gasteiger partial charge in [0.25, 0.3) is 0 Å². The molecule has 2 aromatic carbocycles. The normalized spacial score (nSPS) is 16.8. The summed E-state index contributed by atoms with van der Waals surface area (Å²) >= 11 is 0. The van der Waals surface area contributed by atoms with Gasteiger partial charge in [-0.2, -0.15) is 0 Å². The van der Waals surface area contributed by atoms with Gasteiger partial charge in [0.05, 0.1) is 5.92 Å². The van der Waals surface area contributed by atoms with Gasteiger partial charge >= 0.3 is 5.88 Å². The van der Waals surface area contributed by atoms with Gasteiger partial charge in [-0.25, -0.2) is 0 Å². The van der Waals surface area contributed by atoms with Gasteiger partial charge in [0.15, 0.2) is 0 Å². The number of nitrogens with zero attached hydrogens (tertiary/aromatic N) is 1. The van der Waals surface area contributed by atoms with Gasteiger partial charge in [0.1, 0.15) is 16.1 Å². The number of furan rings is 1. The van der Waals surface area contributed by atoms with Crippen LogP contribution in [0.3, 0.4) is 0 Å². The highest BCUT2D eigenvalue weighted by atomic mass is 16.6. The van der Waals surface area contributed by atoms with E-state index in [4.69, 9.17) is 4.42 Å². The lowest BCUT2D eigenvalue weighted by Crippen LogP contribution is -2.40. The van der Waals surface area contributed by atoms with E-state index in [9.17, 15) is 14.9 Å². The Morgan fingerprint density at radius 2 is 2.07 bits per heavy atom. The van der Waals surface area contributed by atoms with Crippen molar-refractivity contribution in [2.75, 3.05) is 13.1 Å². The molecule has 1 atom stereocenters. The molecule has 0 spiro atoms. The molecule has 2 heterocycles. The molecule has 1 saturated heterocycles. The predicted octanol–water partition coefficient (Wildman–Crippen LogP) is 3.62. The summed E-state index contributed by atoms with van der Waals surface area (Å²) in [7, 11) is 0. The minimum absolute atomic E-state index is 0.00706. The lowest BCUT2D eigenvalue weighted by Gasteiger charge is -2.21. The van der Waals surface area contributed by atoms with Crippen LogP contribution >= 0.6 is 0 Å². The van der Waals surface area contributed by atoms with Crippen LogP contribution in [-0.4, -0.2) is 23.9 Å². The molecule has 1 aliphatic rings. The van der Waals surface area contributed by atoms with Crippen molar-refractivity contribution in [3.8, 4) is 11.1 Å². The van der Waals surface area contributed by atoms with E-state index in [0.29, 0.717) is 29.6 Å². The molecule has 1 aromatic heterocycles. The Morgan fingerprint density at radius 3 is 2.79 bits per heavy atom. The first-order chi connectivity index (χ1) is 13.6. The van der Waals surface area contributed by atoms with E-state index in [2.05, 4.69) is 10.6 Å². The van der Waals surface area contributed by atoms with Crippen LogP contribution in [0, 0.1) is 16.0 Å². The Labute approximate surface area is 161 Å². The summed E-state index contributed by atoms with van der Waals surface area (Å²) in [4.78, 5) is 23.3. The maximum absolute atomic E-state index is 12.4. The smallest absolute Gasteiger partial charge is 0.400 e. The van der Waals surface area contributed by atoms with E-state index in [1.54, 1.807) is 6.07 Å². The zero-order valence-corrected chi connectivity index (χ0v) is 15.3. The Hall–Kier alpha value is -3.19. The van der Waals surface area contributed by atoms with Crippen LogP contribution in [0.15, 0.2) is 52.9 Å². The van der Waals surface area contributed by atoms with Crippen molar-refractivity contribution in [1.29, 1.82) is 0 Å². The van der Waals surface area contributed by atoms with Gasteiger partial charge in [0, 0.05) is 18.5 Å². The predicted molar refractivity (Wildman–Crippen MR) is 106 cm³/mol. The third-order valence-electron chi connectivity index (χ3n) is 5.10. The van der Waals surface area contributed by atoms with E-state index in [0.717, 1.165) is 30.5 Å². The fraction of sp³-hybridized carbons (Fsp3) is 0.286. The standard InChI is InChI=1S/C21H21N3O4/c25-20(16-7-4-10-22-13-16)23-12-14-8-9-18-17(11-14)19(21(28-18)24(26)27)15-5-2-1-3-6-15/h1-3,5-6,8-9,11,16,22H,4,7,10,12-13H2,(H,23,25). The third-order valence-corrected chi connectivity index (χ3v) is 5.10. The summed E-state index contributed by atoms with van der Waals surface area (Å²) in [5.74, 6) is -0.239. The third kappa shape index (κ3) is 3.61. The first-order valence-corrected chi connectivity index (χ1v) is 9.37. The molecular formula is C21H21N3O4. The molecule has 7 nitrogen and oxygen atoms in total. The fourth-order valence-electron chi connectivity index (χ4n) is 3.66. The Morgan fingerprint density at radius 1 is 1.25 bits per heavy atom. The second-order valence-electron chi connectivity index (χ2n) is 7.00. The van der Waals surface area contributed by atoms with Gasteiger partial charge < -0.3 is 15.1 Å². The zero-order valence-electron chi connectivity index (χ0n) is 15.3. The van der Waals surface area contributed by atoms with Crippen molar-refractivity contribution < 1.29 is 14.1 Å². The van der Waals surface area contributed by atoms with Crippen LogP contribution in [0.1, 0.15) is 18.4 Å². The molecule has 3 aromatic rings. The van der Waals surface area contributed by atoms with Crippen molar-refractivity contribution in [1.82, 2.24) is 10.6 Å². The van der Waals surface area contributed by atoms with Crippen molar-refractivity contribution in [2.24, 2.45) is 5.92 Å². The van der Waals surface area contributed by atoms with E-state index in [1.807, 2.05) is 42.5 Å². The van der Waals surface area contributed by atoms with Crippen molar-refractivity contribution >= 4 is 22.8 Å². The van der Waals surface area contributed by atoms with Gasteiger partial charge in [0.2, 0.25) is 5.91 Å². The number of amides is 1. The molecular weight excluding hydrogens is 358 g/mol. The SMILES string of the molecule is O=C(NCc1ccc2oc([N+](=O)[O-])c(-c3ccccc3)c2c1)C1CCCNC1. The number of carbonyl (C=O) groups is 1. The molecule has 0 saturated carbocycles. The molecule has 1 unspecified atom stereocenters. The van der Waals surface area contributed by atoms with Crippen LogP contribution in [0.25, 0.3) is 22.1 Å². The van der Waals surface area contributed by atoms with E-state index in [1.165, 1.54) is 0 Å². The van der Waals surface area contributed by atoms with E-state index in [-0.39, 0.29) is 17.7 Å². The van der Waals surface area contributed by atoms with Gasteiger partial charge in [-0.05, 0) is 42.6 Å². The van der Waals surface area contributed by atoms with Gasteiger partial charge in [-0.3, -0.25) is 14.9 Å². The summed E-state index contributed by atoms with van der Waals surface area (Å²) in [6.45, 7) is 2.04. The number of nitrogens with one attached hydrogen (secondary N) is 2. The number of hydrogen-bond acceptors (Lipinski definition) is 5. The van der Waals surface area contributed by atoms with E-state index >= 15 is 0 Å². The molecule has 0 bridgehead atoms. The number of hydrogen-bond donors (Lipinski definition) is 2. The monoisotopic (exact) mass is 379 g/mol. The van der Waals surface area contributed by atoms with Crippen LogP contribution in [0.5, 0.6) is 0 Å². The maximum atomic E-state index is 12.4. The molecule has 0 aliphatic carbocycles. The lowest BCUT2D eigenvalue weighted by molar-refractivity contribution is -0.400. The molecule has 0 radical (unpaired) electrons. The summed E-state index contributed by atoms with van der Waals surface area (Å²) in [6.07, 6.45) is 1.90. The van der Waals surface area contributed by atoms with Crippen molar-refractivity contribution in [2.45, 2.75) is 19.4 Å². The molecule has 1 fully saturated rings. The molecule has 2 N–H and O–H groups in total. The number of rotatable bonds is 5. The summed E-state index contributed by atoms with van der Waals surface area (Å²) < 4.78 is 5.50. The fourth-order valence-corrected chi connectivity index (χ4v) is 3.66. The first kappa shape index (κ1) is 18.2. The Kier molecular flexibility index (Phi) is 5.08. The van der Waals surface area contributed by atoms with Gasteiger partial charge in [-0.15, -0.1) is 0 Å². The lowest BCUT2D eigenvalue weighted by atomic mass is 9.98. The summed E-state index contributed by atoms with van der Waals surface area (Å²) in [5, 5.41) is 18.4. The molecule has 144 valence electrons. The Bertz CT molecular complexity index is 1010. The highest BCUT2D eigenvalue weighted by Gasteiger charge is 2.25. The molecule has 4 rings (SSSR count). The minimum Gasteiger partial charge on any atom is -0.400 e. The first-order valence-electron chi connectivity index (χ1n) is 9.37. The minimum atomic E-state index is -0.500. The summed E-state index contributed by atoms with van der Waals surface area (Å²) in [5.41, 5.74) is 2.52. The Balaban J connectivity index is 1.62. The molecule has 28 heavy (non-hydrogen) atoms. The number of fused-ring (bicyclic) bond motifs is 1. The van der Waals surface area contributed by atoms with Crippen LogP contribution in [-0.2, 0) is 11.3 Å². The highest BCUT2D eigenvalue weighted by Crippen LogP contribution is 2.40. The van der Waals surface area contributed by atoms with Crippen molar-refractivity contribution in [3.63, 3.8) is 0 Å². The van der Waals surface area contributed by atoms with Crippen molar-refractivity contribution in [3.05, 3.63) is 64.2 Å². The quantitative estimate of drug-likeness (QED) is 0.521. The summed E-state index contributed by atoms with van der Waals surface area (Å²) in [6, 6.07) is 14.6. The topological polar surface area (TPSA) is 97.4 Å². The average molecular weight is 379 g/mol. The van der Waals surface area contributed by atoms with E-state index < -0.39 is 4.92 Å². The zero-order chi connectivity index (χ0) is 19.5. The number of nitro groups is 1. The second kappa shape index (κ2) is 7.82. The second-order valence-corrected chi connectivity index (χ2v) is 7.00. The van der Waals surface area contributed by atoms with Crippen LogP contribution in [0.4, 0.5) is 5.88 Å².